The number of nitrogens with zero attached hydrogens (tertiary/aromatic N) is 2. The van der Waals surface area contributed by atoms with E-state index in [1.165, 1.54) is 0 Å². The third-order valence-electron chi connectivity index (χ3n) is 2.60. The first-order valence-corrected chi connectivity index (χ1v) is 4.21. The summed E-state index contributed by atoms with van der Waals surface area (Å²) in [5.74, 6) is 0.792. The molecule has 0 spiro atoms. The largest absolute Gasteiger partial charge is 0.392 e. The number of hydrogen-bond donors (Lipinski definition) is 1. The van der Waals surface area contributed by atoms with Crippen LogP contribution in [0, 0.1) is 0 Å². The van der Waals surface area contributed by atoms with Gasteiger partial charge < -0.3 is 5.11 Å². The van der Waals surface area contributed by atoms with Gasteiger partial charge in [0.05, 0.1) is 11.5 Å². The highest BCUT2D eigenvalue weighted by molar-refractivity contribution is 5.20. The molecule has 1 heterocycles. The molecule has 1 unspecified atom stereocenters. The maximum absolute atomic E-state index is 9.52. The van der Waals surface area contributed by atoms with Crippen molar-refractivity contribution < 1.29 is 5.11 Å². The van der Waals surface area contributed by atoms with E-state index in [2.05, 4.69) is 9.97 Å². The van der Waals surface area contributed by atoms with Crippen molar-refractivity contribution in [2.75, 3.05) is 0 Å². The van der Waals surface area contributed by atoms with Gasteiger partial charge in [-0.2, -0.15) is 0 Å². The minimum atomic E-state index is -0.333. The lowest BCUT2D eigenvalue weighted by Crippen LogP contribution is -2.24. The van der Waals surface area contributed by atoms with Crippen molar-refractivity contribution >= 4 is 0 Å². The summed E-state index contributed by atoms with van der Waals surface area (Å²) in [6, 6.07) is 1.79. The molecule has 1 N–H and O–H groups in total. The van der Waals surface area contributed by atoms with E-state index in [0.29, 0.717) is 0 Å². The van der Waals surface area contributed by atoms with E-state index in [0.717, 1.165) is 18.7 Å². The molecule has 0 amide bonds. The van der Waals surface area contributed by atoms with Crippen molar-refractivity contribution in [3.8, 4) is 0 Å². The fourth-order valence-electron chi connectivity index (χ4n) is 1.52. The average Bonchev–Trinajstić information content (AvgIpc) is 2.86. The van der Waals surface area contributed by atoms with Gasteiger partial charge >= 0.3 is 0 Å². The molecule has 1 atom stereocenters. The van der Waals surface area contributed by atoms with E-state index in [4.69, 9.17) is 0 Å². The quantitative estimate of drug-likeness (QED) is 0.706. The topological polar surface area (TPSA) is 46.0 Å². The Labute approximate surface area is 71.5 Å². The van der Waals surface area contributed by atoms with Crippen molar-refractivity contribution in [3.05, 3.63) is 24.3 Å². The molecule has 1 aromatic rings. The van der Waals surface area contributed by atoms with Gasteiger partial charge in [0.1, 0.15) is 5.82 Å². The summed E-state index contributed by atoms with van der Waals surface area (Å²) in [6.45, 7) is 1.81. The van der Waals surface area contributed by atoms with Gasteiger partial charge in [0.2, 0.25) is 0 Å². The fraction of sp³-hybridized carbons (Fsp3) is 0.556. The molecule has 2 rings (SSSR count). The van der Waals surface area contributed by atoms with E-state index in [-0.39, 0.29) is 11.5 Å². The molecule has 3 heteroatoms. The summed E-state index contributed by atoms with van der Waals surface area (Å²) < 4.78 is 0. The standard InChI is InChI=1S/C9H12N2O/c1-7(12)9(3-4-9)8-10-5-2-6-11-8/h2,5-7,12H,3-4H2,1H3. The van der Waals surface area contributed by atoms with Crippen LogP contribution >= 0.6 is 0 Å². The molecule has 1 aliphatic carbocycles. The predicted molar refractivity (Wildman–Crippen MR) is 44.6 cm³/mol. The Hall–Kier alpha value is -0.960. The van der Waals surface area contributed by atoms with E-state index < -0.39 is 0 Å². The van der Waals surface area contributed by atoms with E-state index in [9.17, 15) is 5.11 Å². The van der Waals surface area contributed by atoms with E-state index in [1.807, 2.05) is 6.92 Å². The van der Waals surface area contributed by atoms with Gasteiger partial charge in [-0.3, -0.25) is 0 Å². The van der Waals surface area contributed by atoms with Crippen LogP contribution in [0.1, 0.15) is 25.6 Å². The Morgan fingerprint density at radius 1 is 1.42 bits per heavy atom. The van der Waals surface area contributed by atoms with Crippen LogP contribution in [0.2, 0.25) is 0 Å². The maximum atomic E-state index is 9.52. The molecule has 0 saturated heterocycles. The lowest BCUT2D eigenvalue weighted by Gasteiger charge is -2.15. The summed E-state index contributed by atoms with van der Waals surface area (Å²) in [5, 5.41) is 9.52. The highest BCUT2D eigenvalue weighted by Crippen LogP contribution is 2.49. The third-order valence-corrected chi connectivity index (χ3v) is 2.60. The molecule has 3 nitrogen and oxygen atoms in total. The number of hydrogen-bond acceptors (Lipinski definition) is 3. The van der Waals surface area contributed by atoms with Crippen molar-refractivity contribution in [2.24, 2.45) is 0 Å². The molecule has 0 aromatic carbocycles. The molecule has 1 aromatic heterocycles. The van der Waals surface area contributed by atoms with Crippen LogP contribution in [-0.4, -0.2) is 21.2 Å². The minimum absolute atomic E-state index is 0.124. The van der Waals surface area contributed by atoms with Crippen LogP contribution in [0.15, 0.2) is 18.5 Å². The summed E-state index contributed by atoms with van der Waals surface area (Å²) in [6.07, 6.45) is 5.14. The second-order valence-electron chi connectivity index (χ2n) is 3.40. The Morgan fingerprint density at radius 3 is 2.42 bits per heavy atom. The summed E-state index contributed by atoms with van der Waals surface area (Å²) in [4.78, 5) is 8.33. The van der Waals surface area contributed by atoms with Gasteiger partial charge in [-0.1, -0.05) is 0 Å². The van der Waals surface area contributed by atoms with Crippen LogP contribution in [0.5, 0.6) is 0 Å². The Morgan fingerprint density at radius 2 is 2.00 bits per heavy atom. The predicted octanol–water partition coefficient (Wildman–Crippen LogP) is 0.889. The maximum Gasteiger partial charge on any atom is 0.136 e. The molecular weight excluding hydrogens is 152 g/mol. The number of rotatable bonds is 2. The number of aromatic nitrogens is 2. The van der Waals surface area contributed by atoms with Crippen molar-refractivity contribution in [1.82, 2.24) is 9.97 Å². The highest BCUT2D eigenvalue weighted by atomic mass is 16.3. The fourth-order valence-corrected chi connectivity index (χ4v) is 1.52. The smallest absolute Gasteiger partial charge is 0.136 e. The molecule has 0 radical (unpaired) electrons. The van der Waals surface area contributed by atoms with Gasteiger partial charge in [0.25, 0.3) is 0 Å². The van der Waals surface area contributed by atoms with Crippen LogP contribution in [0.25, 0.3) is 0 Å². The monoisotopic (exact) mass is 164 g/mol. The second kappa shape index (κ2) is 2.52. The van der Waals surface area contributed by atoms with E-state index in [1.54, 1.807) is 18.5 Å². The van der Waals surface area contributed by atoms with Crippen molar-refractivity contribution in [1.29, 1.82) is 0 Å². The zero-order chi connectivity index (χ0) is 8.60. The van der Waals surface area contributed by atoms with Crippen LogP contribution < -0.4 is 0 Å². The summed E-state index contributed by atoms with van der Waals surface area (Å²) >= 11 is 0. The zero-order valence-corrected chi connectivity index (χ0v) is 7.07. The molecule has 1 fully saturated rings. The highest BCUT2D eigenvalue weighted by Gasteiger charge is 2.50. The molecule has 64 valence electrons. The second-order valence-corrected chi connectivity index (χ2v) is 3.40. The van der Waals surface area contributed by atoms with Crippen molar-refractivity contribution in [2.45, 2.75) is 31.3 Å². The van der Waals surface area contributed by atoms with Gasteiger partial charge in [0.15, 0.2) is 0 Å². The summed E-state index contributed by atoms with van der Waals surface area (Å²) in [5.41, 5.74) is -0.124. The van der Waals surface area contributed by atoms with Crippen LogP contribution in [0.3, 0.4) is 0 Å². The Bertz CT molecular complexity index is 267. The van der Waals surface area contributed by atoms with Gasteiger partial charge in [0, 0.05) is 12.4 Å². The number of aliphatic hydroxyl groups excluding tert-OH is 1. The minimum Gasteiger partial charge on any atom is -0.392 e. The van der Waals surface area contributed by atoms with E-state index >= 15 is 0 Å². The third kappa shape index (κ3) is 1.01. The Kier molecular flexibility index (Phi) is 1.61. The van der Waals surface area contributed by atoms with Crippen LogP contribution in [0.4, 0.5) is 0 Å². The molecular formula is C9H12N2O. The first-order chi connectivity index (χ1) is 5.76. The first kappa shape index (κ1) is 7.68. The summed E-state index contributed by atoms with van der Waals surface area (Å²) in [7, 11) is 0. The molecule has 1 saturated carbocycles. The molecule has 1 aliphatic rings. The lowest BCUT2D eigenvalue weighted by molar-refractivity contribution is 0.146. The zero-order valence-electron chi connectivity index (χ0n) is 7.07. The Balaban J connectivity index is 2.31. The lowest BCUT2D eigenvalue weighted by atomic mass is 10.00. The first-order valence-electron chi connectivity index (χ1n) is 4.21. The number of aliphatic hydroxyl groups is 1. The molecule has 0 bridgehead atoms. The normalized spacial score (nSPS) is 21.8. The SMILES string of the molecule is CC(O)C1(c2ncccn2)CC1. The van der Waals surface area contributed by atoms with Gasteiger partial charge in [-0.05, 0) is 25.8 Å². The molecule has 12 heavy (non-hydrogen) atoms. The van der Waals surface area contributed by atoms with Gasteiger partial charge in [-0.25, -0.2) is 9.97 Å². The molecule has 0 aliphatic heterocycles. The van der Waals surface area contributed by atoms with Crippen LogP contribution in [-0.2, 0) is 5.41 Å². The van der Waals surface area contributed by atoms with Gasteiger partial charge in [-0.15, -0.1) is 0 Å². The average molecular weight is 164 g/mol. The van der Waals surface area contributed by atoms with Crippen molar-refractivity contribution in [3.63, 3.8) is 0 Å².